The third-order valence-corrected chi connectivity index (χ3v) is 6.41. The van der Waals surface area contributed by atoms with Gasteiger partial charge < -0.3 is 9.80 Å². The highest BCUT2D eigenvalue weighted by molar-refractivity contribution is 7.16. The van der Waals surface area contributed by atoms with Crippen molar-refractivity contribution >= 4 is 34.8 Å². The molecule has 0 atom stereocenters. The maximum Gasteiger partial charge on any atom is 0.246 e. The van der Waals surface area contributed by atoms with E-state index in [0.29, 0.717) is 13.1 Å². The number of anilines is 1. The molecule has 1 aliphatic rings. The predicted octanol–water partition coefficient (Wildman–Crippen LogP) is 4.98. The molecule has 1 saturated heterocycles. The fourth-order valence-electron chi connectivity index (χ4n) is 3.55. The molecule has 1 amide bonds. The summed E-state index contributed by atoms with van der Waals surface area (Å²) in [6, 6.07) is 22.1. The molecular weight excluding hydrogens is 392 g/mol. The average molecular weight is 417 g/mol. The van der Waals surface area contributed by atoms with Crippen LogP contribution in [0.15, 0.2) is 72.8 Å². The molecule has 0 radical (unpaired) electrons. The standard InChI is InChI=1S/C25H24N2O2S/c1-19(28)20-7-9-22(10-8-20)26-15-17-27(18-16-26)25(29)14-12-23-11-13-24(30-23)21-5-3-2-4-6-21/h2-14H,15-18H2,1H3/b14-12+. The number of hydrogen-bond donors (Lipinski definition) is 0. The lowest BCUT2D eigenvalue weighted by molar-refractivity contribution is -0.126. The summed E-state index contributed by atoms with van der Waals surface area (Å²) in [5.41, 5.74) is 3.01. The van der Waals surface area contributed by atoms with Gasteiger partial charge in [-0.05, 0) is 55.0 Å². The number of piperazine rings is 1. The van der Waals surface area contributed by atoms with E-state index in [9.17, 15) is 9.59 Å². The number of carbonyl (C=O) groups is 2. The topological polar surface area (TPSA) is 40.6 Å². The molecule has 0 spiro atoms. The van der Waals surface area contributed by atoms with E-state index in [4.69, 9.17) is 0 Å². The smallest absolute Gasteiger partial charge is 0.246 e. The minimum atomic E-state index is 0.0521. The van der Waals surface area contributed by atoms with Crippen molar-refractivity contribution in [3.63, 3.8) is 0 Å². The molecule has 0 saturated carbocycles. The van der Waals surface area contributed by atoms with Gasteiger partial charge in [-0.2, -0.15) is 0 Å². The van der Waals surface area contributed by atoms with Gasteiger partial charge in [-0.15, -0.1) is 11.3 Å². The zero-order chi connectivity index (χ0) is 20.9. The quantitative estimate of drug-likeness (QED) is 0.435. The molecule has 1 aliphatic heterocycles. The highest BCUT2D eigenvalue weighted by Crippen LogP contribution is 2.28. The Hall–Kier alpha value is -3.18. The van der Waals surface area contributed by atoms with Crippen molar-refractivity contribution in [1.29, 1.82) is 0 Å². The second kappa shape index (κ2) is 9.09. The zero-order valence-corrected chi connectivity index (χ0v) is 17.8. The van der Waals surface area contributed by atoms with Gasteiger partial charge in [-0.25, -0.2) is 0 Å². The van der Waals surface area contributed by atoms with Gasteiger partial charge in [0, 0.05) is 53.3 Å². The number of amides is 1. The van der Waals surface area contributed by atoms with Gasteiger partial charge in [0.25, 0.3) is 0 Å². The molecule has 0 unspecified atom stereocenters. The van der Waals surface area contributed by atoms with Crippen molar-refractivity contribution < 1.29 is 9.59 Å². The van der Waals surface area contributed by atoms with Crippen molar-refractivity contribution in [2.75, 3.05) is 31.1 Å². The molecular formula is C25H24N2O2S. The summed E-state index contributed by atoms with van der Waals surface area (Å²) in [6.07, 6.45) is 3.59. The fourth-order valence-corrected chi connectivity index (χ4v) is 4.47. The van der Waals surface area contributed by atoms with Crippen molar-refractivity contribution in [3.8, 4) is 10.4 Å². The highest BCUT2D eigenvalue weighted by atomic mass is 32.1. The lowest BCUT2D eigenvalue weighted by Crippen LogP contribution is -2.48. The van der Waals surface area contributed by atoms with Crippen LogP contribution in [0.4, 0.5) is 5.69 Å². The van der Waals surface area contributed by atoms with E-state index in [1.165, 1.54) is 10.4 Å². The van der Waals surface area contributed by atoms with Gasteiger partial charge in [0.15, 0.2) is 5.78 Å². The first-order valence-corrected chi connectivity index (χ1v) is 10.9. The fraction of sp³-hybridized carbons (Fsp3) is 0.200. The summed E-state index contributed by atoms with van der Waals surface area (Å²) < 4.78 is 0. The Bertz CT molecular complexity index is 1050. The summed E-state index contributed by atoms with van der Waals surface area (Å²) in [7, 11) is 0. The molecule has 2 aromatic carbocycles. The maximum absolute atomic E-state index is 12.6. The monoisotopic (exact) mass is 416 g/mol. The Kier molecular flexibility index (Phi) is 6.10. The first-order chi connectivity index (χ1) is 14.6. The number of rotatable bonds is 5. The number of ketones is 1. The van der Waals surface area contributed by atoms with Crippen molar-refractivity contribution in [2.45, 2.75) is 6.92 Å². The summed E-state index contributed by atoms with van der Waals surface area (Å²) in [5.74, 6) is 0.127. The maximum atomic E-state index is 12.6. The molecule has 1 fully saturated rings. The lowest BCUT2D eigenvalue weighted by Gasteiger charge is -2.35. The Morgan fingerprint density at radius 3 is 2.23 bits per heavy atom. The first-order valence-electron chi connectivity index (χ1n) is 10.1. The van der Waals surface area contributed by atoms with Crippen LogP contribution in [0.3, 0.4) is 0 Å². The molecule has 4 nitrogen and oxygen atoms in total. The van der Waals surface area contributed by atoms with Crippen LogP contribution in [0.25, 0.3) is 16.5 Å². The number of nitrogens with zero attached hydrogens (tertiary/aromatic N) is 2. The van der Waals surface area contributed by atoms with Crippen LogP contribution < -0.4 is 4.90 Å². The Labute approximate surface area is 181 Å². The van der Waals surface area contributed by atoms with Gasteiger partial charge in [0.05, 0.1) is 0 Å². The van der Waals surface area contributed by atoms with Crippen LogP contribution in [0.2, 0.25) is 0 Å². The van der Waals surface area contributed by atoms with Crippen LogP contribution in [0.1, 0.15) is 22.2 Å². The van der Waals surface area contributed by atoms with Gasteiger partial charge in [0.2, 0.25) is 5.91 Å². The van der Waals surface area contributed by atoms with E-state index in [1.807, 2.05) is 53.4 Å². The van der Waals surface area contributed by atoms with Crippen LogP contribution in [-0.2, 0) is 4.79 Å². The van der Waals surface area contributed by atoms with Crippen LogP contribution in [-0.4, -0.2) is 42.8 Å². The van der Waals surface area contributed by atoms with E-state index >= 15 is 0 Å². The van der Waals surface area contributed by atoms with E-state index in [0.717, 1.165) is 29.2 Å². The molecule has 5 heteroatoms. The molecule has 0 bridgehead atoms. The summed E-state index contributed by atoms with van der Waals surface area (Å²) in [5, 5.41) is 0. The SMILES string of the molecule is CC(=O)c1ccc(N2CCN(C(=O)/C=C/c3ccc(-c4ccccc4)s3)CC2)cc1. The zero-order valence-electron chi connectivity index (χ0n) is 17.0. The third-order valence-electron chi connectivity index (χ3n) is 5.31. The number of hydrogen-bond acceptors (Lipinski definition) is 4. The van der Waals surface area contributed by atoms with Gasteiger partial charge in [-0.1, -0.05) is 30.3 Å². The first kappa shape index (κ1) is 20.1. The second-order valence-electron chi connectivity index (χ2n) is 7.32. The van der Waals surface area contributed by atoms with Gasteiger partial charge >= 0.3 is 0 Å². The summed E-state index contributed by atoms with van der Waals surface area (Å²) in [6.45, 7) is 4.53. The minimum Gasteiger partial charge on any atom is -0.368 e. The number of carbonyl (C=O) groups excluding carboxylic acids is 2. The Balaban J connectivity index is 1.32. The van der Waals surface area contributed by atoms with E-state index in [-0.39, 0.29) is 11.7 Å². The largest absolute Gasteiger partial charge is 0.368 e. The Morgan fingerprint density at radius 2 is 1.57 bits per heavy atom. The normalized spacial score (nSPS) is 14.3. The van der Waals surface area contributed by atoms with Crippen molar-refractivity contribution in [3.05, 3.63) is 83.2 Å². The molecule has 1 aromatic heterocycles. The van der Waals surface area contributed by atoms with Gasteiger partial charge in [-0.3, -0.25) is 9.59 Å². The van der Waals surface area contributed by atoms with Crippen molar-refractivity contribution in [2.24, 2.45) is 0 Å². The molecule has 2 heterocycles. The lowest BCUT2D eigenvalue weighted by atomic mass is 10.1. The molecule has 152 valence electrons. The highest BCUT2D eigenvalue weighted by Gasteiger charge is 2.20. The predicted molar refractivity (Wildman–Crippen MR) is 124 cm³/mol. The molecule has 30 heavy (non-hydrogen) atoms. The number of benzene rings is 2. The summed E-state index contributed by atoms with van der Waals surface area (Å²) in [4.78, 5) is 30.4. The number of thiophene rings is 1. The van der Waals surface area contributed by atoms with E-state index < -0.39 is 0 Å². The van der Waals surface area contributed by atoms with Gasteiger partial charge in [0.1, 0.15) is 0 Å². The van der Waals surface area contributed by atoms with Crippen LogP contribution in [0, 0.1) is 0 Å². The van der Waals surface area contributed by atoms with E-state index in [1.54, 1.807) is 24.3 Å². The molecule has 0 aliphatic carbocycles. The van der Waals surface area contributed by atoms with E-state index in [2.05, 4.69) is 29.2 Å². The summed E-state index contributed by atoms with van der Waals surface area (Å²) >= 11 is 1.69. The second-order valence-corrected chi connectivity index (χ2v) is 8.43. The van der Waals surface area contributed by atoms with Crippen LogP contribution in [0.5, 0.6) is 0 Å². The number of Topliss-reactive ketones (excluding diaryl/α,β-unsaturated/α-hetero) is 1. The molecule has 3 aromatic rings. The molecule has 4 rings (SSSR count). The average Bonchev–Trinajstić information content (AvgIpc) is 3.27. The van der Waals surface area contributed by atoms with Crippen LogP contribution >= 0.6 is 11.3 Å². The third kappa shape index (κ3) is 4.69. The van der Waals surface area contributed by atoms with Crippen molar-refractivity contribution in [1.82, 2.24) is 4.90 Å². The minimum absolute atomic E-state index is 0.0521. The molecule has 0 N–H and O–H groups in total. The Morgan fingerprint density at radius 1 is 0.867 bits per heavy atom.